The van der Waals surface area contributed by atoms with E-state index >= 15 is 0 Å². The average molecular weight is 342 g/mol. The molecule has 1 aromatic carbocycles. The fraction of sp³-hybridized carbons (Fsp3) is 0.231. The number of nitrogen functional groups attached to an aromatic ring is 1. The topological polar surface area (TPSA) is 63.8 Å². The summed E-state index contributed by atoms with van der Waals surface area (Å²) < 4.78 is 0.797. The number of nitrogens with zero attached hydrogens (tertiary/aromatic N) is 2. The SMILES string of the molecule is CCCc1nc(N)cc(Nc2cccc(Cl)c2Br)n1. The van der Waals surface area contributed by atoms with Crippen LogP contribution in [-0.2, 0) is 6.42 Å². The van der Waals surface area contributed by atoms with Crippen LogP contribution in [0.1, 0.15) is 19.2 Å². The predicted octanol–water partition coefficient (Wildman–Crippen LogP) is 4.17. The molecule has 4 nitrogen and oxygen atoms in total. The number of aromatic nitrogens is 2. The van der Waals surface area contributed by atoms with Crippen molar-refractivity contribution in [3.05, 3.63) is 39.6 Å². The molecule has 0 aliphatic carbocycles. The molecule has 0 saturated heterocycles. The van der Waals surface area contributed by atoms with Gasteiger partial charge in [-0.05, 0) is 34.5 Å². The normalized spacial score (nSPS) is 10.5. The summed E-state index contributed by atoms with van der Waals surface area (Å²) >= 11 is 9.48. The van der Waals surface area contributed by atoms with Crippen LogP contribution in [0.15, 0.2) is 28.7 Å². The third-order valence-electron chi connectivity index (χ3n) is 2.48. The molecule has 0 aliphatic heterocycles. The van der Waals surface area contributed by atoms with Crippen LogP contribution >= 0.6 is 27.5 Å². The summed E-state index contributed by atoms with van der Waals surface area (Å²) in [4.78, 5) is 8.62. The molecule has 0 amide bonds. The Kier molecular flexibility index (Phi) is 4.61. The van der Waals surface area contributed by atoms with Gasteiger partial charge in [0, 0.05) is 12.5 Å². The third kappa shape index (κ3) is 3.58. The zero-order valence-corrected chi connectivity index (χ0v) is 12.8. The molecule has 0 spiro atoms. The number of hydrogen-bond donors (Lipinski definition) is 2. The lowest BCUT2D eigenvalue weighted by molar-refractivity contribution is 0.839. The zero-order chi connectivity index (χ0) is 13.8. The maximum atomic E-state index is 6.05. The monoisotopic (exact) mass is 340 g/mol. The first-order valence-corrected chi connectivity index (χ1v) is 7.11. The van der Waals surface area contributed by atoms with E-state index in [1.54, 1.807) is 6.07 Å². The van der Waals surface area contributed by atoms with Crippen LogP contribution in [0.2, 0.25) is 5.02 Å². The van der Waals surface area contributed by atoms with Gasteiger partial charge in [-0.3, -0.25) is 0 Å². The van der Waals surface area contributed by atoms with Gasteiger partial charge in [0.05, 0.1) is 15.2 Å². The smallest absolute Gasteiger partial charge is 0.136 e. The van der Waals surface area contributed by atoms with Crippen molar-refractivity contribution in [1.82, 2.24) is 9.97 Å². The van der Waals surface area contributed by atoms with Gasteiger partial charge >= 0.3 is 0 Å². The van der Waals surface area contributed by atoms with E-state index in [0.717, 1.165) is 28.8 Å². The highest BCUT2D eigenvalue weighted by atomic mass is 79.9. The third-order valence-corrected chi connectivity index (χ3v) is 3.88. The number of nitrogens with one attached hydrogen (secondary N) is 1. The number of rotatable bonds is 4. The van der Waals surface area contributed by atoms with Gasteiger partial charge < -0.3 is 11.1 Å². The fourth-order valence-electron chi connectivity index (χ4n) is 1.66. The van der Waals surface area contributed by atoms with Gasteiger partial charge in [0.1, 0.15) is 17.5 Å². The second-order valence-corrected chi connectivity index (χ2v) is 5.27. The fourth-order valence-corrected chi connectivity index (χ4v) is 2.19. The second kappa shape index (κ2) is 6.21. The van der Waals surface area contributed by atoms with Crippen LogP contribution in [0.5, 0.6) is 0 Å². The first kappa shape index (κ1) is 14.1. The maximum Gasteiger partial charge on any atom is 0.136 e. The maximum absolute atomic E-state index is 6.05. The highest BCUT2D eigenvalue weighted by molar-refractivity contribution is 9.10. The first-order valence-electron chi connectivity index (χ1n) is 5.94. The lowest BCUT2D eigenvalue weighted by atomic mass is 10.3. The van der Waals surface area contributed by atoms with Gasteiger partial charge in [0.15, 0.2) is 0 Å². The summed E-state index contributed by atoms with van der Waals surface area (Å²) in [6, 6.07) is 7.29. The van der Waals surface area contributed by atoms with Crippen molar-refractivity contribution in [2.75, 3.05) is 11.1 Å². The van der Waals surface area contributed by atoms with Crippen LogP contribution in [0, 0.1) is 0 Å². The van der Waals surface area contributed by atoms with Crippen LogP contribution < -0.4 is 11.1 Å². The molecule has 1 aromatic heterocycles. The number of anilines is 3. The average Bonchev–Trinajstić information content (AvgIpc) is 2.35. The Morgan fingerprint density at radius 3 is 2.89 bits per heavy atom. The van der Waals surface area contributed by atoms with E-state index in [-0.39, 0.29) is 0 Å². The predicted molar refractivity (Wildman–Crippen MR) is 82.9 cm³/mol. The zero-order valence-electron chi connectivity index (χ0n) is 10.5. The first-order chi connectivity index (χ1) is 9.10. The van der Waals surface area contributed by atoms with E-state index in [2.05, 4.69) is 38.1 Å². The van der Waals surface area contributed by atoms with Gasteiger partial charge in [0.2, 0.25) is 0 Å². The van der Waals surface area contributed by atoms with Crippen molar-refractivity contribution in [3.8, 4) is 0 Å². The standard InChI is InChI=1S/C13H14BrClN4/c1-2-4-11-18-10(16)7-12(19-11)17-9-6-3-5-8(15)13(9)14/h3,5-7H,2,4H2,1H3,(H3,16,17,18,19). The molecule has 0 aliphatic rings. The molecule has 0 fully saturated rings. The number of halogens is 2. The van der Waals surface area contributed by atoms with E-state index < -0.39 is 0 Å². The molecule has 2 aromatic rings. The Balaban J connectivity index is 2.30. The van der Waals surface area contributed by atoms with E-state index in [1.165, 1.54) is 0 Å². The van der Waals surface area contributed by atoms with Gasteiger partial charge in [-0.1, -0.05) is 24.6 Å². The van der Waals surface area contributed by atoms with Crippen molar-refractivity contribution in [2.45, 2.75) is 19.8 Å². The summed E-state index contributed by atoms with van der Waals surface area (Å²) in [5.74, 6) is 1.86. The van der Waals surface area contributed by atoms with Crippen molar-refractivity contribution in [2.24, 2.45) is 0 Å². The van der Waals surface area contributed by atoms with Crippen molar-refractivity contribution >= 4 is 44.9 Å². The minimum Gasteiger partial charge on any atom is -0.384 e. The summed E-state index contributed by atoms with van der Waals surface area (Å²) in [5.41, 5.74) is 6.62. The van der Waals surface area contributed by atoms with Gasteiger partial charge in [-0.15, -0.1) is 0 Å². The minimum absolute atomic E-state index is 0.458. The molecule has 19 heavy (non-hydrogen) atoms. The molecule has 0 atom stereocenters. The molecular formula is C13H14BrClN4. The molecule has 0 saturated carbocycles. The number of aryl methyl sites for hydroxylation is 1. The molecule has 1 heterocycles. The summed E-state index contributed by atoms with van der Waals surface area (Å²) in [7, 11) is 0. The van der Waals surface area contributed by atoms with Crippen molar-refractivity contribution in [1.29, 1.82) is 0 Å². The van der Waals surface area contributed by atoms with Crippen LogP contribution in [0.4, 0.5) is 17.3 Å². The Hall–Kier alpha value is -1.33. The van der Waals surface area contributed by atoms with Gasteiger partial charge in [-0.2, -0.15) is 0 Å². The van der Waals surface area contributed by atoms with Gasteiger partial charge in [-0.25, -0.2) is 9.97 Å². The van der Waals surface area contributed by atoms with Crippen molar-refractivity contribution in [3.63, 3.8) is 0 Å². The molecule has 3 N–H and O–H groups in total. The van der Waals surface area contributed by atoms with Gasteiger partial charge in [0.25, 0.3) is 0 Å². The number of nitrogens with two attached hydrogens (primary N) is 1. The molecule has 2 rings (SSSR count). The molecule has 100 valence electrons. The lowest BCUT2D eigenvalue weighted by Crippen LogP contribution is -2.03. The summed E-state index contributed by atoms with van der Waals surface area (Å²) in [5, 5.41) is 3.83. The summed E-state index contributed by atoms with van der Waals surface area (Å²) in [6.07, 6.45) is 1.78. The molecular weight excluding hydrogens is 328 g/mol. The Morgan fingerprint density at radius 1 is 1.37 bits per heavy atom. The lowest BCUT2D eigenvalue weighted by Gasteiger charge is -2.10. The highest BCUT2D eigenvalue weighted by Crippen LogP contribution is 2.31. The Morgan fingerprint density at radius 2 is 2.16 bits per heavy atom. The summed E-state index contributed by atoms with van der Waals surface area (Å²) in [6.45, 7) is 2.08. The minimum atomic E-state index is 0.458. The van der Waals surface area contributed by atoms with E-state index in [0.29, 0.717) is 16.7 Å². The van der Waals surface area contributed by atoms with E-state index in [1.807, 2.05) is 18.2 Å². The highest BCUT2D eigenvalue weighted by Gasteiger charge is 2.07. The van der Waals surface area contributed by atoms with Crippen LogP contribution in [0.3, 0.4) is 0 Å². The van der Waals surface area contributed by atoms with Crippen LogP contribution in [0.25, 0.3) is 0 Å². The molecule has 6 heteroatoms. The number of hydrogen-bond acceptors (Lipinski definition) is 4. The Bertz CT molecular complexity index is 589. The van der Waals surface area contributed by atoms with Crippen LogP contribution in [-0.4, -0.2) is 9.97 Å². The molecule has 0 unspecified atom stereocenters. The van der Waals surface area contributed by atoms with E-state index in [9.17, 15) is 0 Å². The van der Waals surface area contributed by atoms with E-state index in [4.69, 9.17) is 17.3 Å². The van der Waals surface area contributed by atoms with Crippen molar-refractivity contribution < 1.29 is 0 Å². The molecule has 0 bridgehead atoms. The quantitative estimate of drug-likeness (QED) is 0.876. The Labute approximate surface area is 125 Å². The number of benzene rings is 1. The molecule has 0 radical (unpaired) electrons. The largest absolute Gasteiger partial charge is 0.384 e. The second-order valence-electron chi connectivity index (χ2n) is 4.07.